The van der Waals surface area contributed by atoms with Gasteiger partial charge in [-0.2, -0.15) is 0 Å². The van der Waals surface area contributed by atoms with Crippen LogP contribution >= 0.6 is 0 Å². The first-order valence-corrected chi connectivity index (χ1v) is 6.66. The summed E-state index contributed by atoms with van der Waals surface area (Å²) in [5.74, 6) is -2.19. The minimum absolute atomic E-state index is 0.0370. The van der Waals surface area contributed by atoms with E-state index in [1.54, 1.807) is 0 Å². The van der Waals surface area contributed by atoms with Crippen LogP contribution in [0.2, 0.25) is 0 Å². The fourth-order valence-corrected chi connectivity index (χ4v) is 1.61. The molecule has 3 atom stereocenters. The average Bonchev–Trinajstić information content (AvgIpc) is 3.01. The summed E-state index contributed by atoms with van der Waals surface area (Å²) in [6, 6.07) is 0. The lowest BCUT2D eigenvalue weighted by Gasteiger charge is -2.18. The van der Waals surface area contributed by atoms with Gasteiger partial charge in [-0.3, -0.25) is 9.59 Å². The Labute approximate surface area is 118 Å². The predicted molar refractivity (Wildman–Crippen MR) is 67.7 cm³/mol. The number of esters is 2. The first-order valence-electron chi connectivity index (χ1n) is 6.66. The van der Waals surface area contributed by atoms with Crippen molar-refractivity contribution in [3.05, 3.63) is 0 Å². The molecular formula is C13H22O7. The fraction of sp³-hybridized carbons (Fsp3) is 0.846. The average molecular weight is 290 g/mol. The quantitative estimate of drug-likeness (QED) is 0.485. The van der Waals surface area contributed by atoms with Crippen molar-refractivity contribution in [1.82, 2.24) is 0 Å². The Bertz CT molecular complexity index is 344. The van der Waals surface area contributed by atoms with E-state index in [9.17, 15) is 14.7 Å². The second-order valence-corrected chi connectivity index (χ2v) is 4.75. The van der Waals surface area contributed by atoms with E-state index in [4.69, 9.17) is 18.9 Å². The first-order chi connectivity index (χ1) is 9.37. The number of rotatable bonds is 9. The van der Waals surface area contributed by atoms with E-state index in [1.165, 1.54) is 13.8 Å². The largest absolute Gasteiger partial charge is 0.462 e. The maximum Gasteiger partial charge on any atom is 0.303 e. The molecule has 20 heavy (non-hydrogen) atoms. The van der Waals surface area contributed by atoms with Gasteiger partial charge in [0.15, 0.2) is 11.9 Å². The summed E-state index contributed by atoms with van der Waals surface area (Å²) in [6.07, 6.45) is 0.0575. The zero-order chi connectivity index (χ0) is 15.2. The molecule has 0 radical (unpaired) electrons. The number of hydrogen-bond donors (Lipinski definition) is 1. The summed E-state index contributed by atoms with van der Waals surface area (Å²) in [6.45, 7) is 4.89. The van der Waals surface area contributed by atoms with Gasteiger partial charge in [-0.05, 0) is 6.42 Å². The monoisotopic (exact) mass is 290 g/mol. The summed E-state index contributed by atoms with van der Waals surface area (Å²) in [5.41, 5.74) is 0. The highest BCUT2D eigenvalue weighted by molar-refractivity contribution is 5.67. The third-order valence-electron chi connectivity index (χ3n) is 2.67. The van der Waals surface area contributed by atoms with Gasteiger partial charge in [0.05, 0.1) is 6.61 Å². The van der Waals surface area contributed by atoms with Gasteiger partial charge in [0.25, 0.3) is 0 Å². The summed E-state index contributed by atoms with van der Waals surface area (Å²) < 4.78 is 20.4. The lowest BCUT2D eigenvalue weighted by molar-refractivity contribution is -0.171. The van der Waals surface area contributed by atoms with Crippen molar-refractivity contribution < 1.29 is 33.6 Å². The molecule has 0 aromatic carbocycles. The van der Waals surface area contributed by atoms with Crippen molar-refractivity contribution >= 4 is 11.9 Å². The van der Waals surface area contributed by atoms with Gasteiger partial charge in [0.1, 0.15) is 12.7 Å². The van der Waals surface area contributed by atoms with Gasteiger partial charge in [0, 0.05) is 26.9 Å². The maximum atomic E-state index is 10.9. The number of carbonyl (C=O) groups is 2. The Balaban J connectivity index is 2.31. The van der Waals surface area contributed by atoms with E-state index in [-0.39, 0.29) is 13.2 Å². The van der Waals surface area contributed by atoms with E-state index in [0.717, 1.165) is 6.42 Å². The summed E-state index contributed by atoms with van der Waals surface area (Å²) in [5, 5.41) is 9.89. The highest BCUT2D eigenvalue weighted by Crippen LogP contribution is 2.40. The molecule has 1 N–H and O–H groups in total. The van der Waals surface area contributed by atoms with Crippen molar-refractivity contribution in [2.75, 3.05) is 19.8 Å². The topological polar surface area (TPSA) is 91.3 Å². The lowest BCUT2D eigenvalue weighted by atomic mass is 10.4. The van der Waals surface area contributed by atoms with Gasteiger partial charge in [0.2, 0.25) is 0 Å². The van der Waals surface area contributed by atoms with Crippen molar-refractivity contribution in [3.63, 3.8) is 0 Å². The van der Waals surface area contributed by atoms with Gasteiger partial charge in [-0.15, -0.1) is 0 Å². The van der Waals surface area contributed by atoms with Crippen molar-refractivity contribution in [1.29, 1.82) is 0 Å². The maximum absolute atomic E-state index is 10.9. The molecule has 0 bridgehead atoms. The molecule has 0 amide bonds. The number of hydrogen-bond acceptors (Lipinski definition) is 7. The number of ether oxygens (including phenoxy) is 4. The normalized spacial score (nSPS) is 25.9. The van der Waals surface area contributed by atoms with Crippen LogP contribution in [0, 0.1) is 0 Å². The van der Waals surface area contributed by atoms with Crippen molar-refractivity contribution in [3.8, 4) is 0 Å². The standard InChI is InChI=1S/C13H22O7/c1-4-5-19-13(16)6-12(13)18-8-11(20-10(3)15)7-17-9(2)14/h11-12,16H,4-8H2,1-3H3. The minimum Gasteiger partial charge on any atom is -0.462 e. The molecule has 7 heteroatoms. The zero-order valence-corrected chi connectivity index (χ0v) is 12.1. The van der Waals surface area contributed by atoms with Gasteiger partial charge in [-0.1, -0.05) is 6.92 Å². The van der Waals surface area contributed by atoms with Crippen LogP contribution in [-0.4, -0.2) is 54.9 Å². The van der Waals surface area contributed by atoms with Crippen LogP contribution in [0.15, 0.2) is 0 Å². The van der Waals surface area contributed by atoms with Crippen LogP contribution in [-0.2, 0) is 28.5 Å². The van der Waals surface area contributed by atoms with E-state index in [1.807, 2.05) is 6.92 Å². The first kappa shape index (κ1) is 16.9. The Kier molecular flexibility index (Phi) is 6.38. The molecule has 0 spiro atoms. The van der Waals surface area contributed by atoms with Gasteiger partial charge in [-0.25, -0.2) is 0 Å². The highest BCUT2D eigenvalue weighted by Gasteiger charge is 2.56. The van der Waals surface area contributed by atoms with Crippen LogP contribution in [0.1, 0.15) is 33.6 Å². The molecule has 1 rings (SSSR count). The second kappa shape index (κ2) is 7.56. The number of carbonyl (C=O) groups excluding carboxylic acids is 2. The van der Waals surface area contributed by atoms with Crippen LogP contribution in [0.25, 0.3) is 0 Å². The van der Waals surface area contributed by atoms with Crippen molar-refractivity contribution in [2.24, 2.45) is 0 Å². The molecule has 1 fully saturated rings. The highest BCUT2D eigenvalue weighted by atomic mass is 16.7. The lowest BCUT2D eigenvalue weighted by Crippen LogP contribution is -2.30. The molecule has 1 saturated carbocycles. The molecule has 0 saturated heterocycles. The predicted octanol–water partition coefficient (Wildman–Crippen LogP) is 0.385. The van der Waals surface area contributed by atoms with Gasteiger partial charge >= 0.3 is 11.9 Å². The second-order valence-electron chi connectivity index (χ2n) is 4.75. The summed E-state index contributed by atoms with van der Waals surface area (Å²) in [7, 11) is 0. The Morgan fingerprint density at radius 3 is 2.55 bits per heavy atom. The van der Waals surface area contributed by atoms with Crippen LogP contribution in [0.3, 0.4) is 0 Å². The molecule has 0 heterocycles. The van der Waals surface area contributed by atoms with E-state index in [0.29, 0.717) is 13.0 Å². The molecule has 0 aromatic rings. The molecule has 3 unspecified atom stereocenters. The Morgan fingerprint density at radius 1 is 1.30 bits per heavy atom. The Morgan fingerprint density at radius 2 is 2.00 bits per heavy atom. The van der Waals surface area contributed by atoms with E-state index in [2.05, 4.69) is 0 Å². The molecule has 116 valence electrons. The van der Waals surface area contributed by atoms with Crippen LogP contribution in [0.5, 0.6) is 0 Å². The zero-order valence-electron chi connectivity index (χ0n) is 12.1. The molecule has 0 aliphatic heterocycles. The smallest absolute Gasteiger partial charge is 0.303 e. The third-order valence-corrected chi connectivity index (χ3v) is 2.67. The molecule has 7 nitrogen and oxygen atoms in total. The summed E-state index contributed by atoms with van der Waals surface area (Å²) in [4.78, 5) is 21.7. The van der Waals surface area contributed by atoms with Crippen LogP contribution in [0.4, 0.5) is 0 Å². The third kappa shape index (κ3) is 5.85. The van der Waals surface area contributed by atoms with Crippen LogP contribution < -0.4 is 0 Å². The van der Waals surface area contributed by atoms with E-state index >= 15 is 0 Å². The van der Waals surface area contributed by atoms with Crippen molar-refractivity contribution in [2.45, 2.75) is 51.6 Å². The SMILES string of the molecule is CCCOC1(O)CC1OCC(COC(C)=O)OC(C)=O. The molecule has 0 aromatic heterocycles. The Hall–Kier alpha value is -1.18. The minimum atomic E-state index is -1.24. The number of aliphatic hydroxyl groups is 1. The molecule has 1 aliphatic carbocycles. The fourth-order valence-electron chi connectivity index (χ4n) is 1.61. The molecule has 1 aliphatic rings. The van der Waals surface area contributed by atoms with E-state index < -0.39 is 29.9 Å². The molecular weight excluding hydrogens is 268 g/mol. The van der Waals surface area contributed by atoms with Gasteiger partial charge < -0.3 is 24.1 Å². The summed E-state index contributed by atoms with van der Waals surface area (Å²) >= 11 is 0.